The largest absolute Gasteiger partial charge is 0.499 e. The van der Waals surface area contributed by atoms with Crippen molar-refractivity contribution in [3.8, 4) is 0 Å². The molecule has 18 heteroatoms. The summed E-state index contributed by atoms with van der Waals surface area (Å²) in [6, 6.07) is 4.79. The Morgan fingerprint density at radius 3 is 0.975 bits per heavy atom. The van der Waals surface area contributed by atoms with E-state index in [2.05, 4.69) is 45.8 Å². The van der Waals surface area contributed by atoms with Gasteiger partial charge in [-0.1, -0.05) is 19.1 Å². The molecule has 0 fully saturated rings. The highest BCUT2D eigenvalue weighted by Crippen LogP contribution is 2.38. The van der Waals surface area contributed by atoms with Crippen LogP contribution < -0.4 is 0 Å². The molecule has 0 radical (unpaired) electrons. The first kappa shape index (κ1) is 41.1. The topological polar surface area (TPSA) is 102 Å². The Labute approximate surface area is 252 Å². The molecule has 11 nitrogen and oxygen atoms in total. The fourth-order valence-corrected chi connectivity index (χ4v) is 42.8. The first-order chi connectivity index (χ1) is 18.3. The third-order valence-electron chi connectivity index (χ3n) is 8.22. The average Bonchev–Trinajstić information content (AvgIpc) is 2.91. The SMILES string of the molecule is CO[Si](CC[Si](C)(C)O[Si](C)(C)O[Si](C)(CC[Si](OC)(OC)OC)[Si](C)(C)CC[Si](OC)(OC)OC)(OC)OC. The standard InChI is InChI=1S/C22H60O11Si7/c1-23-38(24-2,25-3)20-17-34(10,11)32-36(14,15)33-37(16,19-22-40(29-7,30-8)31-9)35(12,13)18-21-39(26-4,27-5)28-6/h17-22H2,1-16H3. The van der Waals surface area contributed by atoms with Gasteiger partial charge >= 0.3 is 35.0 Å². The fraction of sp³-hybridized carbons (Fsp3) is 1.00. The summed E-state index contributed by atoms with van der Waals surface area (Å²) >= 11 is 0. The van der Waals surface area contributed by atoms with Gasteiger partial charge in [-0.3, -0.25) is 0 Å². The number of hydrogen-bond acceptors (Lipinski definition) is 11. The van der Waals surface area contributed by atoms with E-state index in [1.54, 1.807) is 64.0 Å². The molecule has 0 aromatic rings. The van der Waals surface area contributed by atoms with Gasteiger partial charge < -0.3 is 48.1 Å². The monoisotopic (exact) mass is 696 g/mol. The molecule has 0 aliphatic carbocycles. The Bertz CT molecular complexity index is 696. The van der Waals surface area contributed by atoms with Crippen molar-refractivity contribution < 1.29 is 48.1 Å². The van der Waals surface area contributed by atoms with Crippen molar-refractivity contribution in [2.75, 3.05) is 64.0 Å². The van der Waals surface area contributed by atoms with E-state index in [0.29, 0.717) is 12.1 Å². The van der Waals surface area contributed by atoms with E-state index in [9.17, 15) is 0 Å². The predicted molar refractivity (Wildman–Crippen MR) is 175 cm³/mol. The van der Waals surface area contributed by atoms with Gasteiger partial charge in [0.15, 0.2) is 16.2 Å². The second-order valence-corrected chi connectivity index (χ2v) is 44.1. The van der Waals surface area contributed by atoms with Crippen LogP contribution >= 0.6 is 0 Å². The zero-order valence-corrected chi connectivity index (χ0v) is 35.2. The predicted octanol–water partition coefficient (Wildman–Crippen LogP) is 4.92. The maximum absolute atomic E-state index is 7.35. The van der Waals surface area contributed by atoms with Gasteiger partial charge in [0, 0.05) is 82.1 Å². The molecular formula is C22H60O11Si7. The summed E-state index contributed by atoms with van der Waals surface area (Å²) in [6.45, 7) is 16.0. The fourth-order valence-electron chi connectivity index (χ4n) is 5.05. The molecule has 1 unspecified atom stereocenters. The second-order valence-electron chi connectivity index (χ2n) is 11.9. The molecule has 0 saturated heterocycles. The molecule has 242 valence electrons. The van der Waals surface area contributed by atoms with Crippen molar-refractivity contribution >= 4 is 58.7 Å². The lowest BCUT2D eigenvalue weighted by atomic mass is 10.9. The van der Waals surface area contributed by atoms with E-state index in [0.717, 1.165) is 24.2 Å². The van der Waals surface area contributed by atoms with Crippen LogP contribution in [0.1, 0.15) is 0 Å². The van der Waals surface area contributed by atoms with Crippen molar-refractivity contribution in [1.82, 2.24) is 0 Å². The third kappa shape index (κ3) is 11.5. The zero-order valence-electron chi connectivity index (χ0n) is 28.2. The van der Waals surface area contributed by atoms with Gasteiger partial charge in [-0.25, -0.2) is 0 Å². The summed E-state index contributed by atoms with van der Waals surface area (Å²) in [5, 5.41) is 0. The molecule has 0 heterocycles. The van der Waals surface area contributed by atoms with Gasteiger partial charge in [-0.05, 0) is 44.8 Å². The first-order valence-corrected chi connectivity index (χ1v) is 32.2. The highest BCUT2D eigenvalue weighted by molar-refractivity contribution is 7.40. The maximum Gasteiger partial charge on any atom is 0.499 e. The van der Waals surface area contributed by atoms with Gasteiger partial charge in [-0.15, -0.1) is 0 Å². The molecule has 0 aliphatic rings. The van der Waals surface area contributed by atoms with E-state index in [4.69, 9.17) is 48.1 Å². The summed E-state index contributed by atoms with van der Waals surface area (Å²) in [6.07, 6.45) is 0. The third-order valence-corrected chi connectivity index (χ3v) is 43.9. The molecule has 0 saturated carbocycles. The van der Waals surface area contributed by atoms with Crippen LogP contribution in [0.3, 0.4) is 0 Å². The lowest BCUT2D eigenvalue weighted by molar-refractivity contribution is 0.124. The van der Waals surface area contributed by atoms with E-state index >= 15 is 0 Å². The number of hydrogen-bond donors (Lipinski definition) is 0. The van der Waals surface area contributed by atoms with E-state index in [1.165, 1.54) is 0 Å². The smallest absolute Gasteiger partial charge is 0.439 e. The molecule has 1 atom stereocenters. The molecule has 0 aliphatic heterocycles. The van der Waals surface area contributed by atoms with E-state index in [-0.39, 0.29) is 0 Å². The van der Waals surface area contributed by atoms with Crippen molar-refractivity contribution in [2.45, 2.75) is 82.1 Å². The Morgan fingerprint density at radius 2 is 0.650 bits per heavy atom. The van der Waals surface area contributed by atoms with Crippen molar-refractivity contribution in [3.05, 3.63) is 0 Å². The quantitative estimate of drug-likeness (QED) is 0.136. The molecule has 0 rings (SSSR count). The molecule has 0 amide bonds. The van der Waals surface area contributed by atoms with Gasteiger partial charge in [0.05, 0.1) is 7.59 Å². The van der Waals surface area contributed by atoms with Crippen LogP contribution in [0.15, 0.2) is 0 Å². The van der Waals surface area contributed by atoms with Gasteiger partial charge in [0.25, 0.3) is 0 Å². The minimum atomic E-state index is -2.80. The molecule has 40 heavy (non-hydrogen) atoms. The highest BCUT2D eigenvalue weighted by Gasteiger charge is 2.55. The van der Waals surface area contributed by atoms with Crippen LogP contribution in [-0.4, -0.2) is 123 Å². The van der Waals surface area contributed by atoms with Gasteiger partial charge in [0.1, 0.15) is 0 Å². The summed E-state index contributed by atoms with van der Waals surface area (Å²) in [5.41, 5.74) is 0. The minimum Gasteiger partial charge on any atom is -0.439 e. The van der Waals surface area contributed by atoms with Crippen LogP contribution in [0.5, 0.6) is 0 Å². The van der Waals surface area contributed by atoms with Gasteiger partial charge in [0.2, 0.25) is 0 Å². The summed E-state index contributed by atoms with van der Waals surface area (Å²) in [7, 11) is -2.43. The molecule has 0 N–H and O–H groups in total. The Morgan fingerprint density at radius 1 is 0.350 bits per heavy atom. The van der Waals surface area contributed by atoms with Gasteiger partial charge in [-0.2, -0.15) is 0 Å². The lowest BCUT2D eigenvalue weighted by Gasteiger charge is -2.48. The van der Waals surface area contributed by atoms with Crippen LogP contribution in [0.2, 0.25) is 82.1 Å². The molecule has 0 aromatic heterocycles. The van der Waals surface area contributed by atoms with E-state index < -0.39 is 58.7 Å². The Hall–Kier alpha value is 1.08. The van der Waals surface area contributed by atoms with Crippen molar-refractivity contribution in [3.63, 3.8) is 0 Å². The lowest BCUT2D eigenvalue weighted by Crippen LogP contribution is -2.66. The molecular weight excluding hydrogens is 637 g/mol. The second kappa shape index (κ2) is 17.0. The zero-order chi connectivity index (χ0) is 31.5. The van der Waals surface area contributed by atoms with Crippen LogP contribution in [0.4, 0.5) is 0 Å². The van der Waals surface area contributed by atoms with Crippen molar-refractivity contribution in [2.24, 2.45) is 0 Å². The molecule has 0 aromatic carbocycles. The normalized spacial score (nSPS) is 15.9. The summed E-state index contributed by atoms with van der Waals surface area (Å²) in [4.78, 5) is 0. The summed E-state index contributed by atoms with van der Waals surface area (Å²) < 4.78 is 66.0. The van der Waals surface area contributed by atoms with Crippen molar-refractivity contribution in [1.29, 1.82) is 0 Å². The van der Waals surface area contributed by atoms with Crippen LogP contribution in [0.25, 0.3) is 0 Å². The van der Waals surface area contributed by atoms with E-state index in [1.807, 2.05) is 0 Å². The molecule has 0 bridgehead atoms. The van der Waals surface area contributed by atoms with Crippen LogP contribution in [-0.2, 0) is 48.1 Å². The molecule has 0 spiro atoms. The maximum atomic E-state index is 7.35. The summed E-state index contributed by atoms with van der Waals surface area (Å²) in [5.74, 6) is 0. The minimum absolute atomic E-state index is 0.687. The Kier molecular flexibility index (Phi) is 17.4. The average molecular weight is 697 g/mol. The van der Waals surface area contributed by atoms with Crippen LogP contribution in [0, 0.1) is 0 Å². The highest BCUT2D eigenvalue weighted by atomic mass is 29.3. The number of rotatable bonds is 23. The first-order valence-electron chi connectivity index (χ1n) is 13.7. The Balaban J connectivity index is 6.17.